The van der Waals surface area contributed by atoms with Gasteiger partial charge in [-0.05, 0) is 0 Å². The molecule has 0 spiro atoms. The van der Waals surface area contributed by atoms with Gasteiger partial charge in [-0.3, -0.25) is 14.9 Å². The number of nitrogens with one attached hydrogen (secondary N) is 1. The van der Waals surface area contributed by atoms with E-state index in [1.54, 1.807) is 0 Å². The Morgan fingerprint density at radius 3 is 2.75 bits per heavy atom. The lowest BCUT2D eigenvalue weighted by Crippen LogP contribution is -2.50. The molecule has 0 aromatic rings. The van der Waals surface area contributed by atoms with Gasteiger partial charge in [0.15, 0.2) is 0 Å². The first kappa shape index (κ1) is 8.51. The summed E-state index contributed by atoms with van der Waals surface area (Å²) < 4.78 is 0. The number of imide groups is 1. The van der Waals surface area contributed by atoms with E-state index in [0.717, 1.165) is 4.90 Å². The maximum absolute atomic E-state index is 10.9. The molecule has 1 aliphatic heterocycles. The molecule has 12 heavy (non-hydrogen) atoms. The number of rotatable bonds is 2. The van der Waals surface area contributed by atoms with Gasteiger partial charge in [0.2, 0.25) is 5.91 Å². The summed E-state index contributed by atoms with van der Waals surface area (Å²) in [4.78, 5) is 32.7. The third-order valence-electron chi connectivity index (χ3n) is 1.47. The number of urea groups is 1. The molecule has 0 aromatic carbocycles. The predicted octanol–water partition coefficient (Wildman–Crippen LogP) is -0.987. The Morgan fingerprint density at radius 2 is 2.25 bits per heavy atom. The van der Waals surface area contributed by atoms with Crippen LogP contribution in [0.5, 0.6) is 0 Å². The summed E-state index contributed by atoms with van der Waals surface area (Å²) in [6, 6.07) is -0.631. The zero-order valence-electron chi connectivity index (χ0n) is 6.24. The van der Waals surface area contributed by atoms with Crippen LogP contribution in [0.4, 0.5) is 4.79 Å². The number of carbonyl (C=O) groups is 3. The van der Waals surface area contributed by atoms with Crippen LogP contribution in [0.2, 0.25) is 0 Å². The quantitative estimate of drug-likeness (QED) is 0.560. The van der Waals surface area contributed by atoms with Crippen molar-refractivity contribution in [1.82, 2.24) is 10.2 Å². The van der Waals surface area contributed by atoms with Crippen molar-refractivity contribution in [3.05, 3.63) is 0 Å². The summed E-state index contributed by atoms with van der Waals surface area (Å²) in [6.45, 7) is -0.184. The lowest BCUT2D eigenvalue weighted by Gasteiger charge is -2.24. The van der Waals surface area contributed by atoms with E-state index in [1.165, 1.54) is 0 Å². The largest absolute Gasteiger partial charge is 0.480 e. The average molecular weight is 172 g/mol. The van der Waals surface area contributed by atoms with Gasteiger partial charge in [0.05, 0.1) is 0 Å². The molecule has 1 fully saturated rings. The van der Waals surface area contributed by atoms with Gasteiger partial charge < -0.3 is 10.0 Å². The van der Waals surface area contributed by atoms with Gasteiger partial charge in [0.1, 0.15) is 6.54 Å². The second-order valence-electron chi connectivity index (χ2n) is 2.42. The molecule has 0 atom stereocenters. The molecule has 6 nitrogen and oxygen atoms in total. The average Bonchev–Trinajstić information content (AvgIpc) is 1.94. The van der Waals surface area contributed by atoms with E-state index in [4.69, 9.17) is 5.11 Å². The number of carbonyl (C=O) groups excluding carboxylic acids is 2. The highest BCUT2D eigenvalue weighted by Gasteiger charge is 2.23. The number of aliphatic carboxylic acids is 1. The standard InChI is InChI=1S/C6H8N2O4/c9-4-1-2-8(3-5(10)11)6(12)7-4/h1-3H2,(H,10,11)(H,7,9,12). The number of amides is 3. The van der Waals surface area contributed by atoms with Crippen LogP contribution < -0.4 is 5.32 Å². The fourth-order valence-corrected chi connectivity index (χ4v) is 0.913. The van der Waals surface area contributed by atoms with Gasteiger partial charge in [-0.25, -0.2) is 4.79 Å². The molecule has 1 heterocycles. The van der Waals surface area contributed by atoms with Crippen LogP contribution in [-0.2, 0) is 9.59 Å². The molecule has 0 aliphatic carbocycles. The Morgan fingerprint density at radius 1 is 1.58 bits per heavy atom. The zero-order valence-corrected chi connectivity index (χ0v) is 6.24. The van der Waals surface area contributed by atoms with Gasteiger partial charge >= 0.3 is 12.0 Å². The minimum Gasteiger partial charge on any atom is -0.480 e. The van der Waals surface area contributed by atoms with Crippen molar-refractivity contribution >= 4 is 17.9 Å². The van der Waals surface area contributed by atoms with E-state index in [0.29, 0.717) is 0 Å². The summed E-state index contributed by atoms with van der Waals surface area (Å²) in [5.41, 5.74) is 0. The van der Waals surface area contributed by atoms with Crippen molar-refractivity contribution in [3.8, 4) is 0 Å². The molecule has 66 valence electrons. The highest BCUT2D eigenvalue weighted by Crippen LogP contribution is 1.98. The highest BCUT2D eigenvalue weighted by atomic mass is 16.4. The van der Waals surface area contributed by atoms with Gasteiger partial charge in [-0.15, -0.1) is 0 Å². The SMILES string of the molecule is O=C(O)CN1CCC(=O)NC1=O. The van der Waals surface area contributed by atoms with Crippen LogP contribution in [0.3, 0.4) is 0 Å². The molecule has 0 radical (unpaired) electrons. The van der Waals surface area contributed by atoms with Crippen LogP contribution in [0.1, 0.15) is 6.42 Å². The fraction of sp³-hybridized carbons (Fsp3) is 0.500. The molecule has 1 rings (SSSR count). The van der Waals surface area contributed by atoms with Gasteiger partial charge in [-0.2, -0.15) is 0 Å². The Labute approximate surface area is 68.1 Å². The lowest BCUT2D eigenvalue weighted by molar-refractivity contribution is -0.138. The van der Waals surface area contributed by atoms with Crippen molar-refractivity contribution in [3.63, 3.8) is 0 Å². The van der Waals surface area contributed by atoms with E-state index >= 15 is 0 Å². The topological polar surface area (TPSA) is 86.7 Å². The number of nitrogens with zero attached hydrogens (tertiary/aromatic N) is 1. The van der Waals surface area contributed by atoms with Crippen molar-refractivity contribution in [2.45, 2.75) is 6.42 Å². The third-order valence-corrected chi connectivity index (χ3v) is 1.47. The van der Waals surface area contributed by atoms with Gasteiger partial charge in [0, 0.05) is 13.0 Å². The first-order chi connectivity index (χ1) is 5.59. The van der Waals surface area contributed by atoms with Crippen molar-refractivity contribution in [1.29, 1.82) is 0 Å². The predicted molar refractivity (Wildman–Crippen MR) is 37.4 cm³/mol. The van der Waals surface area contributed by atoms with Crippen molar-refractivity contribution in [2.24, 2.45) is 0 Å². The summed E-state index contributed by atoms with van der Waals surface area (Å²) in [5.74, 6) is -1.44. The van der Waals surface area contributed by atoms with E-state index in [9.17, 15) is 14.4 Å². The molecule has 0 bridgehead atoms. The minimum atomic E-state index is -1.08. The molecule has 6 heteroatoms. The molecular formula is C6H8N2O4. The summed E-state index contributed by atoms with van der Waals surface area (Å²) in [7, 11) is 0. The Kier molecular flexibility index (Phi) is 2.27. The van der Waals surface area contributed by atoms with Crippen LogP contribution >= 0.6 is 0 Å². The molecular weight excluding hydrogens is 164 g/mol. The van der Waals surface area contributed by atoms with E-state index in [2.05, 4.69) is 0 Å². The summed E-state index contributed by atoms with van der Waals surface area (Å²) in [6.07, 6.45) is 0.166. The Bertz CT molecular complexity index is 238. The first-order valence-electron chi connectivity index (χ1n) is 3.40. The fourth-order valence-electron chi connectivity index (χ4n) is 0.913. The lowest BCUT2D eigenvalue weighted by atomic mass is 10.3. The highest BCUT2D eigenvalue weighted by molar-refractivity contribution is 5.97. The number of carboxylic acids is 1. The number of hydrogen-bond donors (Lipinski definition) is 2. The second kappa shape index (κ2) is 3.21. The van der Waals surface area contributed by atoms with Crippen molar-refractivity contribution in [2.75, 3.05) is 13.1 Å². The third kappa shape index (κ3) is 1.94. The monoisotopic (exact) mass is 172 g/mol. The first-order valence-corrected chi connectivity index (χ1v) is 3.40. The molecule has 1 saturated heterocycles. The Hall–Kier alpha value is -1.59. The molecule has 0 aromatic heterocycles. The minimum absolute atomic E-state index is 0.166. The smallest absolute Gasteiger partial charge is 0.324 e. The molecule has 2 N–H and O–H groups in total. The van der Waals surface area contributed by atoms with Crippen LogP contribution in [-0.4, -0.2) is 41.0 Å². The van der Waals surface area contributed by atoms with E-state index in [1.807, 2.05) is 5.32 Å². The maximum Gasteiger partial charge on any atom is 0.324 e. The van der Waals surface area contributed by atoms with Crippen LogP contribution in [0, 0.1) is 0 Å². The van der Waals surface area contributed by atoms with Crippen molar-refractivity contribution < 1.29 is 19.5 Å². The molecule has 3 amide bonds. The second-order valence-corrected chi connectivity index (χ2v) is 2.42. The number of carboxylic acid groups (broad SMARTS) is 1. The van der Waals surface area contributed by atoms with Crippen LogP contribution in [0.15, 0.2) is 0 Å². The molecule has 1 aliphatic rings. The summed E-state index contributed by atoms with van der Waals surface area (Å²) >= 11 is 0. The molecule has 0 unspecified atom stereocenters. The molecule has 0 saturated carbocycles. The maximum atomic E-state index is 10.9. The Balaban J connectivity index is 2.51. The van der Waals surface area contributed by atoms with Gasteiger partial charge in [-0.1, -0.05) is 0 Å². The zero-order chi connectivity index (χ0) is 9.14. The van der Waals surface area contributed by atoms with Crippen LogP contribution in [0.25, 0.3) is 0 Å². The van der Waals surface area contributed by atoms with E-state index < -0.39 is 12.0 Å². The summed E-state index contributed by atoms with van der Waals surface area (Å²) in [5, 5.41) is 10.4. The van der Waals surface area contributed by atoms with E-state index in [-0.39, 0.29) is 25.4 Å². The van der Waals surface area contributed by atoms with Gasteiger partial charge in [0.25, 0.3) is 0 Å². The normalized spacial score (nSPS) is 17.5. The number of hydrogen-bond acceptors (Lipinski definition) is 3.